The summed E-state index contributed by atoms with van der Waals surface area (Å²) in [6.45, 7) is 0. The zero-order valence-corrected chi connectivity index (χ0v) is 6.44. The maximum atomic E-state index is 10.9. The van der Waals surface area contributed by atoms with Crippen molar-refractivity contribution in [3.63, 3.8) is 0 Å². The van der Waals surface area contributed by atoms with Crippen molar-refractivity contribution in [2.24, 2.45) is 7.05 Å². The van der Waals surface area contributed by atoms with E-state index >= 15 is 0 Å². The van der Waals surface area contributed by atoms with E-state index < -0.39 is 5.97 Å². The van der Waals surface area contributed by atoms with E-state index in [9.17, 15) is 9.59 Å². The van der Waals surface area contributed by atoms with Gasteiger partial charge in [-0.1, -0.05) is 0 Å². The number of carboxylic acid groups (broad SMARTS) is 1. The van der Waals surface area contributed by atoms with Gasteiger partial charge >= 0.3 is 5.97 Å². The first-order chi connectivity index (χ1) is 5.54. The summed E-state index contributed by atoms with van der Waals surface area (Å²) in [5.74, 6) is -1.17. The van der Waals surface area contributed by atoms with Crippen LogP contribution in [-0.2, 0) is 7.05 Å². The van der Waals surface area contributed by atoms with E-state index in [1.807, 2.05) is 0 Å². The summed E-state index contributed by atoms with van der Waals surface area (Å²) in [5, 5.41) is 8.59. The quantitative estimate of drug-likeness (QED) is 0.601. The number of aromatic carboxylic acids is 1. The summed E-state index contributed by atoms with van der Waals surface area (Å²) in [4.78, 5) is 21.4. The molecule has 0 bridgehead atoms. The van der Waals surface area contributed by atoms with E-state index in [0.717, 1.165) is 4.57 Å². The van der Waals surface area contributed by atoms with E-state index in [0.29, 0.717) is 0 Å². The number of pyridine rings is 1. The molecule has 0 unspecified atom stereocenters. The van der Waals surface area contributed by atoms with E-state index in [4.69, 9.17) is 10.8 Å². The second-order valence-electron chi connectivity index (χ2n) is 2.33. The lowest BCUT2D eigenvalue weighted by Gasteiger charge is -2.04. The molecule has 0 aliphatic rings. The lowest BCUT2D eigenvalue weighted by atomic mass is 10.2. The van der Waals surface area contributed by atoms with E-state index in [1.165, 1.54) is 19.2 Å². The Morgan fingerprint density at radius 2 is 2.17 bits per heavy atom. The molecule has 0 saturated heterocycles. The minimum atomic E-state index is -1.14. The number of anilines is 1. The minimum Gasteiger partial charge on any atom is -0.478 e. The van der Waals surface area contributed by atoms with E-state index in [2.05, 4.69) is 0 Å². The average molecular weight is 168 g/mol. The summed E-state index contributed by atoms with van der Waals surface area (Å²) in [6.07, 6.45) is 0. The highest BCUT2D eigenvalue weighted by molar-refractivity contribution is 5.92. The maximum absolute atomic E-state index is 10.9. The Bertz CT molecular complexity index is 381. The first-order valence-corrected chi connectivity index (χ1v) is 3.23. The van der Waals surface area contributed by atoms with E-state index in [-0.39, 0.29) is 16.9 Å². The molecule has 0 saturated carbocycles. The van der Waals surface area contributed by atoms with Gasteiger partial charge in [0.2, 0.25) is 0 Å². The van der Waals surface area contributed by atoms with Gasteiger partial charge in [-0.05, 0) is 6.07 Å². The van der Waals surface area contributed by atoms with Crippen molar-refractivity contribution in [1.82, 2.24) is 4.57 Å². The van der Waals surface area contributed by atoms with Crippen LogP contribution in [-0.4, -0.2) is 15.6 Å². The van der Waals surface area contributed by atoms with Crippen molar-refractivity contribution in [1.29, 1.82) is 0 Å². The van der Waals surface area contributed by atoms with Gasteiger partial charge in [-0.15, -0.1) is 0 Å². The van der Waals surface area contributed by atoms with Crippen LogP contribution < -0.4 is 11.3 Å². The number of carbonyl (C=O) groups is 1. The number of hydrogen-bond acceptors (Lipinski definition) is 3. The fraction of sp³-hybridized carbons (Fsp3) is 0.143. The molecule has 0 aromatic carbocycles. The van der Waals surface area contributed by atoms with Crippen molar-refractivity contribution >= 4 is 11.8 Å². The maximum Gasteiger partial charge on any atom is 0.339 e. The van der Waals surface area contributed by atoms with Gasteiger partial charge < -0.3 is 10.8 Å². The Balaban J connectivity index is 3.47. The van der Waals surface area contributed by atoms with Gasteiger partial charge in [0, 0.05) is 13.1 Å². The third-order valence-corrected chi connectivity index (χ3v) is 1.59. The van der Waals surface area contributed by atoms with Crippen LogP contribution in [0.2, 0.25) is 0 Å². The molecule has 0 radical (unpaired) electrons. The lowest BCUT2D eigenvalue weighted by Crippen LogP contribution is -2.21. The minimum absolute atomic E-state index is 0.0324. The number of hydrogen-bond donors (Lipinski definition) is 2. The van der Waals surface area contributed by atoms with Crippen LogP contribution in [0.25, 0.3) is 0 Å². The molecule has 0 spiro atoms. The number of rotatable bonds is 1. The first kappa shape index (κ1) is 8.32. The molecule has 64 valence electrons. The molecule has 0 aliphatic carbocycles. The van der Waals surface area contributed by atoms with Crippen LogP contribution in [0.3, 0.4) is 0 Å². The molecule has 1 heterocycles. The predicted octanol–water partition coefficient (Wildman–Crippen LogP) is -0.334. The highest BCUT2D eigenvalue weighted by Gasteiger charge is 2.09. The molecular weight excluding hydrogens is 160 g/mol. The molecule has 0 aliphatic heterocycles. The number of nitrogen functional groups attached to an aromatic ring is 1. The second kappa shape index (κ2) is 2.69. The van der Waals surface area contributed by atoms with Gasteiger partial charge in [0.15, 0.2) is 0 Å². The van der Waals surface area contributed by atoms with Gasteiger partial charge in [0.1, 0.15) is 5.82 Å². The smallest absolute Gasteiger partial charge is 0.339 e. The molecular formula is C7H8N2O3. The average Bonchev–Trinajstić information content (AvgIpc) is 2.00. The molecule has 0 amide bonds. The molecule has 0 fully saturated rings. The van der Waals surface area contributed by atoms with Crippen LogP contribution in [0.4, 0.5) is 5.82 Å². The largest absolute Gasteiger partial charge is 0.478 e. The van der Waals surface area contributed by atoms with Crippen LogP contribution in [0, 0.1) is 0 Å². The highest BCUT2D eigenvalue weighted by Crippen LogP contribution is 2.06. The Morgan fingerprint density at radius 3 is 2.67 bits per heavy atom. The molecule has 5 nitrogen and oxygen atoms in total. The molecule has 3 N–H and O–H groups in total. The SMILES string of the molecule is Cn1c(N)c(C(=O)O)ccc1=O. The summed E-state index contributed by atoms with van der Waals surface area (Å²) >= 11 is 0. The Hall–Kier alpha value is -1.78. The van der Waals surface area contributed by atoms with Crippen molar-refractivity contribution in [3.05, 3.63) is 28.0 Å². The van der Waals surface area contributed by atoms with Gasteiger partial charge in [-0.3, -0.25) is 9.36 Å². The van der Waals surface area contributed by atoms with Crippen LogP contribution in [0.5, 0.6) is 0 Å². The lowest BCUT2D eigenvalue weighted by molar-refractivity contribution is 0.0697. The van der Waals surface area contributed by atoms with E-state index in [1.54, 1.807) is 0 Å². The fourth-order valence-corrected chi connectivity index (χ4v) is 0.832. The van der Waals surface area contributed by atoms with Crippen LogP contribution >= 0.6 is 0 Å². The van der Waals surface area contributed by atoms with Crippen molar-refractivity contribution < 1.29 is 9.90 Å². The molecule has 1 aromatic heterocycles. The van der Waals surface area contributed by atoms with Crippen LogP contribution in [0.1, 0.15) is 10.4 Å². The molecule has 0 atom stereocenters. The highest BCUT2D eigenvalue weighted by atomic mass is 16.4. The standard InChI is InChI=1S/C7H8N2O3/c1-9-5(10)3-2-4(6(9)8)7(11)12/h2-3H,8H2,1H3,(H,11,12). The van der Waals surface area contributed by atoms with Gasteiger partial charge in [0.05, 0.1) is 5.56 Å². The number of nitrogens with zero attached hydrogens (tertiary/aromatic N) is 1. The second-order valence-corrected chi connectivity index (χ2v) is 2.33. The monoisotopic (exact) mass is 168 g/mol. The Kier molecular flexibility index (Phi) is 1.86. The third-order valence-electron chi connectivity index (χ3n) is 1.59. The van der Waals surface area contributed by atoms with Crippen molar-refractivity contribution in [2.75, 3.05) is 5.73 Å². The molecule has 1 rings (SSSR count). The number of aromatic nitrogens is 1. The van der Waals surface area contributed by atoms with Crippen molar-refractivity contribution in [2.45, 2.75) is 0 Å². The summed E-state index contributed by atoms with van der Waals surface area (Å²) in [7, 11) is 1.42. The zero-order valence-electron chi connectivity index (χ0n) is 6.44. The normalized spacial score (nSPS) is 9.75. The molecule has 5 heteroatoms. The topological polar surface area (TPSA) is 85.3 Å². The number of carboxylic acids is 1. The molecule has 1 aromatic rings. The summed E-state index contributed by atoms with van der Waals surface area (Å²) in [6, 6.07) is 2.36. The Labute approximate surface area is 68.0 Å². The van der Waals surface area contributed by atoms with Crippen molar-refractivity contribution in [3.8, 4) is 0 Å². The molecule has 12 heavy (non-hydrogen) atoms. The van der Waals surface area contributed by atoms with Gasteiger partial charge in [-0.2, -0.15) is 0 Å². The summed E-state index contributed by atoms with van der Waals surface area (Å²) < 4.78 is 1.09. The predicted molar refractivity (Wildman–Crippen MR) is 43.1 cm³/mol. The van der Waals surface area contributed by atoms with Gasteiger partial charge in [0.25, 0.3) is 5.56 Å². The Morgan fingerprint density at radius 1 is 1.58 bits per heavy atom. The zero-order chi connectivity index (χ0) is 9.30. The fourth-order valence-electron chi connectivity index (χ4n) is 0.832. The first-order valence-electron chi connectivity index (χ1n) is 3.23. The van der Waals surface area contributed by atoms with Crippen LogP contribution in [0.15, 0.2) is 16.9 Å². The number of nitrogens with two attached hydrogens (primary N) is 1. The summed E-state index contributed by atoms with van der Waals surface area (Å²) in [5.41, 5.74) is 4.99. The van der Waals surface area contributed by atoms with Gasteiger partial charge in [-0.25, -0.2) is 4.79 Å². The third kappa shape index (κ3) is 1.16.